The van der Waals surface area contributed by atoms with Crippen LogP contribution >= 0.6 is 0 Å². The third-order valence-electron chi connectivity index (χ3n) is 2.74. The fourth-order valence-corrected chi connectivity index (χ4v) is 1.62. The van der Waals surface area contributed by atoms with Gasteiger partial charge in [0, 0.05) is 13.2 Å². The zero-order valence-electron chi connectivity index (χ0n) is 11.1. The Kier molecular flexibility index (Phi) is 4.65. The van der Waals surface area contributed by atoms with E-state index in [0.29, 0.717) is 24.6 Å². The van der Waals surface area contributed by atoms with Crippen molar-refractivity contribution in [2.45, 2.75) is 0 Å². The van der Waals surface area contributed by atoms with Gasteiger partial charge in [0.25, 0.3) is 5.91 Å². The highest BCUT2D eigenvalue weighted by atomic mass is 19.1. The number of nitrogens with zero attached hydrogens (tertiary/aromatic N) is 2. The summed E-state index contributed by atoms with van der Waals surface area (Å²) >= 11 is 0. The first-order valence-electron chi connectivity index (χ1n) is 6.21. The molecular formula is C15H15FN2O2. The molecule has 0 atom stereocenters. The average molecular weight is 274 g/mol. The maximum absolute atomic E-state index is 12.7. The van der Waals surface area contributed by atoms with Gasteiger partial charge in [0.15, 0.2) is 0 Å². The second-order valence-electron chi connectivity index (χ2n) is 4.24. The molecule has 1 heterocycles. The van der Waals surface area contributed by atoms with E-state index in [1.54, 1.807) is 43.6 Å². The number of ether oxygens (including phenoxy) is 1. The number of hydrogen-bond acceptors (Lipinski definition) is 3. The van der Waals surface area contributed by atoms with Crippen molar-refractivity contribution in [2.75, 3.05) is 20.2 Å². The van der Waals surface area contributed by atoms with Gasteiger partial charge in [0.1, 0.15) is 23.9 Å². The van der Waals surface area contributed by atoms with Crippen LogP contribution in [-0.2, 0) is 0 Å². The molecule has 5 heteroatoms. The van der Waals surface area contributed by atoms with Gasteiger partial charge in [-0.25, -0.2) is 4.39 Å². The van der Waals surface area contributed by atoms with Gasteiger partial charge in [-0.3, -0.25) is 9.78 Å². The lowest BCUT2D eigenvalue weighted by molar-refractivity contribution is 0.0768. The quantitative estimate of drug-likeness (QED) is 0.840. The molecule has 2 aromatic rings. The van der Waals surface area contributed by atoms with Crippen LogP contribution in [-0.4, -0.2) is 36.0 Å². The van der Waals surface area contributed by atoms with Gasteiger partial charge in [-0.05, 0) is 36.4 Å². The van der Waals surface area contributed by atoms with Gasteiger partial charge in [-0.1, -0.05) is 6.07 Å². The summed E-state index contributed by atoms with van der Waals surface area (Å²) in [6, 6.07) is 11.0. The molecule has 0 aliphatic rings. The van der Waals surface area contributed by atoms with Crippen LogP contribution < -0.4 is 4.74 Å². The Bertz CT molecular complexity index is 558. The minimum Gasteiger partial charge on any atom is -0.492 e. The Hall–Kier alpha value is -2.43. The molecule has 0 fully saturated rings. The highest BCUT2D eigenvalue weighted by Gasteiger charge is 2.12. The third-order valence-corrected chi connectivity index (χ3v) is 2.74. The van der Waals surface area contributed by atoms with Crippen LogP contribution in [0.3, 0.4) is 0 Å². The fraction of sp³-hybridized carbons (Fsp3) is 0.200. The smallest absolute Gasteiger partial charge is 0.272 e. The number of carbonyl (C=O) groups is 1. The first kappa shape index (κ1) is 14.0. The molecular weight excluding hydrogens is 259 g/mol. The normalized spacial score (nSPS) is 10.1. The average Bonchev–Trinajstić information content (AvgIpc) is 2.49. The summed E-state index contributed by atoms with van der Waals surface area (Å²) in [5.41, 5.74) is 0.400. The summed E-state index contributed by atoms with van der Waals surface area (Å²) in [5.74, 6) is 0.109. The van der Waals surface area contributed by atoms with Gasteiger partial charge in [-0.15, -0.1) is 0 Å². The lowest BCUT2D eigenvalue weighted by Crippen LogP contribution is -2.31. The van der Waals surface area contributed by atoms with E-state index in [1.165, 1.54) is 17.0 Å². The van der Waals surface area contributed by atoms with Crippen molar-refractivity contribution in [1.29, 1.82) is 0 Å². The number of carbonyl (C=O) groups excluding carboxylic acids is 1. The van der Waals surface area contributed by atoms with Crippen LogP contribution in [0.1, 0.15) is 10.5 Å². The summed E-state index contributed by atoms with van der Waals surface area (Å²) < 4.78 is 18.2. The number of benzene rings is 1. The number of pyridine rings is 1. The molecule has 20 heavy (non-hydrogen) atoms. The Morgan fingerprint density at radius 3 is 2.65 bits per heavy atom. The maximum atomic E-state index is 12.7. The Balaban J connectivity index is 1.82. The molecule has 0 radical (unpaired) electrons. The van der Waals surface area contributed by atoms with E-state index >= 15 is 0 Å². The summed E-state index contributed by atoms with van der Waals surface area (Å²) in [7, 11) is 1.69. The zero-order valence-corrected chi connectivity index (χ0v) is 11.1. The van der Waals surface area contributed by atoms with E-state index in [4.69, 9.17) is 4.74 Å². The van der Waals surface area contributed by atoms with E-state index in [1.807, 2.05) is 0 Å². The molecule has 1 aromatic heterocycles. The summed E-state index contributed by atoms with van der Waals surface area (Å²) in [4.78, 5) is 17.5. The monoisotopic (exact) mass is 274 g/mol. The number of amides is 1. The van der Waals surface area contributed by atoms with Gasteiger partial charge in [0.2, 0.25) is 0 Å². The number of hydrogen-bond donors (Lipinski definition) is 0. The second-order valence-corrected chi connectivity index (χ2v) is 4.24. The molecule has 0 saturated heterocycles. The maximum Gasteiger partial charge on any atom is 0.272 e. The predicted molar refractivity (Wildman–Crippen MR) is 73.1 cm³/mol. The minimum absolute atomic E-state index is 0.159. The molecule has 0 aliphatic carbocycles. The van der Waals surface area contributed by atoms with Gasteiger partial charge >= 0.3 is 0 Å². The van der Waals surface area contributed by atoms with Crippen molar-refractivity contribution in [3.63, 3.8) is 0 Å². The molecule has 1 aromatic carbocycles. The van der Waals surface area contributed by atoms with Gasteiger partial charge < -0.3 is 9.64 Å². The Labute approximate surface area is 116 Å². The van der Waals surface area contributed by atoms with Gasteiger partial charge in [-0.2, -0.15) is 0 Å². The third kappa shape index (κ3) is 3.78. The van der Waals surface area contributed by atoms with E-state index in [-0.39, 0.29) is 11.7 Å². The van der Waals surface area contributed by atoms with E-state index in [9.17, 15) is 9.18 Å². The van der Waals surface area contributed by atoms with Crippen LogP contribution in [0, 0.1) is 5.82 Å². The van der Waals surface area contributed by atoms with Gasteiger partial charge in [0.05, 0.1) is 6.54 Å². The summed E-state index contributed by atoms with van der Waals surface area (Å²) in [5, 5.41) is 0. The number of likely N-dealkylation sites (N-methyl/N-ethyl adjacent to an activating group) is 1. The molecule has 0 bridgehead atoms. The highest BCUT2D eigenvalue weighted by molar-refractivity contribution is 5.91. The van der Waals surface area contributed by atoms with Crippen molar-refractivity contribution >= 4 is 5.91 Å². The van der Waals surface area contributed by atoms with E-state index in [0.717, 1.165) is 0 Å². The van der Waals surface area contributed by atoms with Crippen LogP contribution in [0.5, 0.6) is 5.75 Å². The lowest BCUT2D eigenvalue weighted by atomic mass is 10.3. The predicted octanol–water partition coefficient (Wildman–Crippen LogP) is 2.37. The van der Waals surface area contributed by atoms with Crippen LogP contribution in [0.15, 0.2) is 48.7 Å². The van der Waals surface area contributed by atoms with Crippen molar-refractivity contribution in [2.24, 2.45) is 0 Å². The first-order valence-corrected chi connectivity index (χ1v) is 6.21. The lowest BCUT2D eigenvalue weighted by Gasteiger charge is -2.16. The molecule has 1 amide bonds. The zero-order chi connectivity index (χ0) is 14.4. The summed E-state index contributed by atoms with van der Waals surface area (Å²) in [6.45, 7) is 0.757. The van der Waals surface area contributed by atoms with Crippen molar-refractivity contribution in [3.8, 4) is 5.75 Å². The second kappa shape index (κ2) is 6.65. The SMILES string of the molecule is CN(CCOc1ccc(F)cc1)C(=O)c1ccccn1. The van der Waals surface area contributed by atoms with Crippen molar-refractivity contribution in [3.05, 3.63) is 60.2 Å². The molecule has 0 spiro atoms. The largest absolute Gasteiger partial charge is 0.492 e. The van der Waals surface area contributed by atoms with Crippen LogP contribution in [0.2, 0.25) is 0 Å². The topological polar surface area (TPSA) is 42.4 Å². The standard InChI is InChI=1S/C15H15FN2O2/c1-18(15(19)14-4-2-3-9-17-14)10-11-20-13-7-5-12(16)6-8-13/h2-9H,10-11H2,1H3. The van der Waals surface area contributed by atoms with Crippen molar-refractivity contribution < 1.29 is 13.9 Å². The molecule has 2 rings (SSSR count). The molecule has 0 saturated carbocycles. The summed E-state index contributed by atoms with van der Waals surface area (Å²) in [6.07, 6.45) is 1.58. The van der Waals surface area contributed by atoms with Crippen molar-refractivity contribution in [1.82, 2.24) is 9.88 Å². The molecule has 0 aliphatic heterocycles. The molecule has 4 nitrogen and oxygen atoms in total. The fourth-order valence-electron chi connectivity index (χ4n) is 1.62. The van der Waals surface area contributed by atoms with Crippen LogP contribution in [0.25, 0.3) is 0 Å². The molecule has 0 unspecified atom stereocenters. The molecule has 104 valence electrons. The number of halogens is 1. The number of rotatable bonds is 5. The van der Waals surface area contributed by atoms with E-state index in [2.05, 4.69) is 4.98 Å². The van der Waals surface area contributed by atoms with E-state index < -0.39 is 0 Å². The Morgan fingerprint density at radius 2 is 2.00 bits per heavy atom. The van der Waals surface area contributed by atoms with Crippen LogP contribution in [0.4, 0.5) is 4.39 Å². The highest BCUT2D eigenvalue weighted by Crippen LogP contribution is 2.10. The minimum atomic E-state index is -0.306. The Morgan fingerprint density at radius 1 is 1.25 bits per heavy atom. The molecule has 0 N–H and O–H groups in total. The number of aromatic nitrogens is 1. The first-order chi connectivity index (χ1) is 9.66.